The number of pyridine rings is 1. The number of hydrogen-bond acceptors (Lipinski definition) is 11. The van der Waals surface area contributed by atoms with E-state index in [0.29, 0.717) is 25.3 Å². The molecule has 1 unspecified atom stereocenters. The zero-order valence-corrected chi connectivity index (χ0v) is 25.7. The van der Waals surface area contributed by atoms with Gasteiger partial charge < -0.3 is 20.0 Å². The van der Waals surface area contributed by atoms with Crippen LogP contribution < -0.4 is 10.2 Å². The zero-order chi connectivity index (χ0) is 31.3. The lowest BCUT2D eigenvalue weighted by Crippen LogP contribution is -2.59. The molecule has 11 nitrogen and oxygen atoms in total. The number of carbonyl (C=O) groups is 2. The van der Waals surface area contributed by atoms with E-state index in [1.165, 1.54) is 14.7 Å². The lowest BCUT2D eigenvalue weighted by atomic mass is 10.1. The van der Waals surface area contributed by atoms with Gasteiger partial charge in [-0.1, -0.05) is 6.07 Å². The number of amides is 2. The first kappa shape index (κ1) is 31.7. The standard InChI is InChI=1S/C14H14N4S2.C13H16F3N5O2/c1-8-4-5-12(15-6-8)18-14-17-11(7-19-14)13-9(2)16-10(3)20-13;1-19(2)11(23)10-7-20(8-22)3-4-21(10)12-17-5-9(6-18-12)13(14,15)16/h4-7H,1-3H3,(H,15,17,18);5-6,8,10H,3-4,7H2,1-2H3. The summed E-state index contributed by atoms with van der Waals surface area (Å²) in [6.07, 6.45) is -0.667. The second-order valence-corrected chi connectivity index (χ2v) is 11.9. The predicted molar refractivity (Wildman–Crippen MR) is 159 cm³/mol. The number of hydrogen-bond donors (Lipinski definition) is 1. The van der Waals surface area contributed by atoms with Crippen molar-refractivity contribution in [3.63, 3.8) is 0 Å². The first-order chi connectivity index (χ1) is 20.3. The summed E-state index contributed by atoms with van der Waals surface area (Å²) in [6, 6.07) is 3.25. The predicted octanol–water partition coefficient (Wildman–Crippen LogP) is 4.56. The highest BCUT2D eigenvalue weighted by Gasteiger charge is 2.36. The number of nitrogens with zero attached hydrogens (tertiary/aromatic N) is 8. The van der Waals surface area contributed by atoms with Crippen LogP contribution in [0.1, 0.15) is 21.8 Å². The van der Waals surface area contributed by atoms with E-state index in [1.54, 1.807) is 36.8 Å². The summed E-state index contributed by atoms with van der Waals surface area (Å²) in [6.45, 7) is 6.78. The van der Waals surface area contributed by atoms with Crippen molar-refractivity contribution in [3.05, 3.63) is 57.9 Å². The Morgan fingerprint density at radius 1 is 1.07 bits per heavy atom. The van der Waals surface area contributed by atoms with Gasteiger partial charge in [-0.05, 0) is 32.4 Å². The molecule has 0 saturated carbocycles. The minimum Gasteiger partial charge on any atom is -0.347 e. The summed E-state index contributed by atoms with van der Waals surface area (Å²) in [5, 5.41) is 7.20. The van der Waals surface area contributed by atoms with Gasteiger partial charge in [0.2, 0.25) is 18.3 Å². The number of rotatable bonds is 6. The summed E-state index contributed by atoms with van der Waals surface area (Å²) in [4.78, 5) is 49.5. The van der Waals surface area contributed by atoms with Crippen molar-refractivity contribution in [2.24, 2.45) is 0 Å². The van der Waals surface area contributed by atoms with Gasteiger partial charge in [0, 0.05) is 57.7 Å². The quantitative estimate of drug-likeness (QED) is 0.305. The molecule has 1 atom stereocenters. The maximum Gasteiger partial charge on any atom is 0.419 e. The second kappa shape index (κ2) is 13.4. The molecular formula is C27H30F3N9O2S2. The molecule has 5 rings (SSSR count). The van der Waals surface area contributed by atoms with Gasteiger partial charge in [0.05, 0.1) is 26.8 Å². The van der Waals surface area contributed by atoms with Crippen LogP contribution in [-0.4, -0.2) is 86.8 Å². The van der Waals surface area contributed by atoms with Crippen molar-refractivity contribution in [1.29, 1.82) is 0 Å². The van der Waals surface area contributed by atoms with E-state index in [-0.39, 0.29) is 24.9 Å². The highest BCUT2D eigenvalue weighted by molar-refractivity contribution is 7.16. The molecule has 0 bridgehead atoms. The lowest BCUT2D eigenvalue weighted by molar-refractivity contribution is -0.138. The van der Waals surface area contributed by atoms with Gasteiger partial charge in [-0.3, -0.25) is 9.59 Å². The third-order valence-corrected chi connectivity index (χ3v) is 8.15. The maximum absolute atomic E-state index is 12.6. The van der Waals surface area contributed by atoms with Crippen LogP contribution in [0.2, 0.25) is 0 Å². The SMILES string of the molecule is CN(C)C(=O)C1CN(C=O)CCN1c1ncc(C(F)(F)F)cn1.Cc1ccc(Nc2nc(-c3sc(C)nc3C)cs2)nc1. The van der Waals surface area contributed by atoms with Gasteiger partial charge in [-0.25, -0.2) is 24.9 Å². The molecule has 0 spiro atoms. The molecule has 0 radical (unpaired) electrons. The fourth-order valence-corrected chi connectivity index (χ4v) is 5.78. The van der Waals surface area contributed by atoms with Crippen LogP contribution >= 0.6 is 22.7 Å². The number of halogens is 3. The molecule has 4 aromatic rings. The van der Waals surface area contributed by atoms with Crippen molar-refractivity contribution in [3.8, 4) is 10.6 Å². The van der Waals surface area contributed by atoms with E-state index in [9.17, 15) is 22.8 Å². The molecule has 5 heterocycles. The number of anilines is 3. The molecule has 1 fully saturated rings. The Balaban J connectivity index is 0.000000198. The minimum absolute atomic E-state index is 0.0312. The van der Waals surface area contributed by atoms with Crippen molar-refractivity contribution >= 4 is 51.9 Å². The molecule has 4 aromatic heterocycles. The van der Waals surface area contributed by atoms with Crippen molar-refractivity contribution < 1.29 is 22.8 Å². The Bertz CT molecular complexity index is 1540. The molecule has 43 heavy (non-hydrogen) atoms. The summed E-state index contributed by atoms with van der Waals surface area (Å²) in [5.41, 5.74) is 2.21. The third kappa shape index (κ3) is 8.01. The molecule has 0 aliphatic carbocycles. The van der Waals surface area contributed by atoms with Crippen molar-refractivity contribution in [2.75, 3.05) is 43.9 Å². The number of piperazine rings is 1. The Hall–Kier alpha value is -4.18. The molecule has 16 heteroatoms. The number of aromatic nitrogens is 5. The van der Waals surface area contributed by atoms with E-state index in [1.807, 2.05) is 39.1 Å². The average Bonchev–Trinajstić information content (AvgIpc) is 3.58. The molecule has 1 aliphatic heterocycles. The molecule has 1 N–H and O–H groups in total. The second-order valence-electron chi connectivity index (χ2n) is 9.84. The van der Waals surface area contributed by atoms with E-state index in [0.717, 1.165) is 37.8 Å². The van der Waals surface area contributed by atoms with Gasteiger partial charge >= 0.3 is 6.18 Å². The summed E-state index contributed by atoms with van der Waals surface area (Å²) in [7, 11) is 3.13. The monoisotopic (exact) mass is 633 g/mol. The molecule has 228 valence electrons. The Morgan fingerprint density at radius 3 is 2.35 bits per heavy atom. The van der Waals surface area contributed by atoms with Crippen LogP contribution in [0.4, 0.5) is 30.1 Å². The van der Waals surface area contributed by atoms with Gasteiger partial charge in [-0.2, -0.15) is 13.2 Å². The first-order valence-electron chi connectivity index (χ1n) is 13.0. The van der Waals surface area contributed by atoms with Crippen LogP contribution in [0.3, 0.4) is 0 Å². The van der Waals surface area contributed by atoms with E-state index >= 15 is 0 Å². The maximum atomic E-state index is 12.6. The Morgan fingerprint density at radius 2 is 1.79 bits per heavy atom. The molecule has 1 aliphatic rings. The summed E-state index contributed by atoms with van der Waals surface area (Å²) >= 11 is 3.26. The number of nitrogens with one attached hydrogen (secondary N) is 1. The molecule has 2 amide bonds. The van der Waals surface area contributed by atoms with Gasteiger partial charge in [0.15, 0.2) is 5.13 Å². The third-order valence-electron chi connectivity index (χ3n) is 6.30. The fraction of sp³-hybridized carbons (Fsp3) is 0.370. The van der Waals surface area contributed by atoms with E-state index in [4.69, 9.17) is 0 Å². The number of aryl methyl sites for hydroxylation is 3. The molecule has 1 saturated heterocycles. The van der Waals surface area contributed by atoms with E-state index < -0.39 is 17.8 Å². The topological polar surface area (TPSA) is 120 Å². The van der Waals surface area contributed by atoms with Gasteiger partial charge in [0.1, 0.15) is 11.9 Å². The van der Waals surface area contributed by atoms with E-state index in [2.05, 4.69) is 35.6 Å². The van der Waals surface area contributed by atoms with Gasteiger partial charge in [-0.15, -0.1) is 22.7 Å². The highest BCUT2D eigenvalue weighted by atomic mass is 32.1. The number of thiazole rings is 2. The zero-order valence-electron chi connectivity index (χ0n) is 24.1. The van der Waals surface area contributed by atoms with Crippen LogP contribution in [0.15, 0.2) is 36.1 Å². The smallest absolute Gasteiger partial charge is 0.347 e. The number of alkyl halides is 3. The van der Waals surface area contributed by atoms with Crippen molar-refractivity contribution in [2.45, 2.75) is 33.0 Å². The summed E-state index contributed by atoms with van der Waals surface area (Å²) in [5.74, 6) is 0.567. The fourth-order valence-electron chi connectivity index (χ4n) is 4.12. The largest absolute Gasteiger partial charge is 0.419 e. The molecular weight excluding hydrogens is 603 g/mol. The van der Waals surface area contributed by atoms with Crippen LogP contribution in [0.5, 0.6) is 0 Å². The number of carbonyl (C=O) groups excluding carboxylic acids is 2. The summed E-state index contributed by atoms with van der Waals surface area (Å²) < 4.78 is 37.7. The average molecular weight is 634 g/mol. The lowest BCUT2D eigenvalue weighted by Gasteiger charge is -2.39. The minimum atomic E-state index is -4.52. The highest BCUT2D eigenvalue weighted by Crippen LogP contribution is 2.33. The van der Waals surface area contributed by atoms with Gasteiger partial charge in [0.25, 0.3) is 0 Å². The Labute approximate surface area is 254 Å². The van der Waals surface area contributed by atoms with Crippen molar-refractivity contribution in [1.82, 2.24) is 34.7 Å². The number of likely N-dealkylation sites (N-methyl/N-ethyl adjacent to an activating group) is 1. The van der Waals surface area contributed by atoms with Crippen LogP contribution in [0.25, 0.3) is 10.6 Å². The molecule has 0 aromatic carbocycles. The first-order valence-corrected chi connectivity index (χ1v) is 14.7. The van der Waals surface area contributed by atoms with Crippen LogP contribution in [0, 0.1) is 20.8 Å². The Kier molecular flexibility index (Phi) is 9.91. The normalized spacial score (nSPS) is 15.0. The van der Waals surface area contributed by atoms with Crippen LogP contribution in [-0.2, 0) is 15.8 Å².